The van der Waals surface area contributed by atoms with E-state index in [1.165, 1.54) is 16.8 Å². The molecular weight excluding hydrogens is 566 g/mol. The molecule has 0 aliphatic carbocycles. The van der Waals surface area contributed by atoms with Crippen LogP contribution < -0.4 is 10.4 Å². The molecule has 1 aromatic heterocycles. The number of anilines is 3. The van der Waals surface area contributed by atoms with Gasteiger partial charge in [-0.25, -0.2) is 4.39 Å². The highest BCUT2D eigenvalue weighted by atomic mass is 32.1. The first-order chi connectivity index (χ1) is 21.1. The van der Waals surface area contributed by atoms with Crippen LogP contribution in [0.4, 0.5) is 21.5 Å². The Kier molecular flexibility index (Phi) is 6.82. The lowest BCUT2D eigenvalue weighted by Crippen LogP contribution is -2.41. The van der Waals surface area contributed by atoms with Crippen LogP contribution in [0.25, 0.3) is 31.3 Å². The van der Waals surface area contributed by atoms with Crippen LogP contribution in [0.1, 0.15) is 33.3 Å². The minimum Gasteiger partial charge on any atom is -0.399 e. The van der Waals surface area contributed by atoms with Gasteiger partial charge in [0.25, 0.3) is 0 Å². The quantitative estimate of drug-likeness (QED) is 0.186. The molecule has 0 atom stereocenters. The average Bonchev–Trinajstić information content (AvgIpc) is 3.50. The number of hydrogen-bond donors (Lipinski definition) is 0. The second kappa shape index (κ2) is 10.6. The number of thiophene rings is 1. The molecule has 1 fully saturated rings. The van der Waals surface area contributed by atoms with Gasteiger partial charge in [0.15, 0.2) is 0 Å². The van der Waals surface area contributed by atoms with Gasteiger partial charge < -0.3 is 14.2 Å². The van der Waals surface area contributed by atoms with Gasteiger partial charge in [-0.05, 0) is 99.4 Å². The number of hydrogen-bond acceptors (Lipinski definition) is 5. The van der Waals surface area contributed by atoms with Gasteiger partial charge in [-0.3, -0.25) is 0 Å². The molecule has 1 aliphatic rings. The predicted molar refractivity (Wildman–Crippen MR) is 180 cm³/mol. The fraction of sp³-hybridized carbons (Fsp3) is 0.162. The number of nitriles is 1. The third-order valence-electron chi connectivity index (χ3n) is 8.80. The molecule has 0 N–H and O–H groups in total. The van der Waals surface area contributed by atoms with Gasteiger partial charge in [-0.2, -0.15) is 5.26 Å². The molecule has 2 heterocycles. The fourth-order valence-corrected chi connectivity index (χ4v) is 7.02. The van der Waals surface area contributed by atoms with Crippen molar-refractivity contribution in [2.75, 3.05) is 4.90 Å². The van der Waals surface area contributed by atoms with Gasteiger partial charge in [0.1, 0.15) is 5.82 Å². The topological polar surface area (TPSA) is 45.5 Å². The Hall–Kier alpha value is -4.48. The summed E-state index contributed by atoms with van der Waals surface area (Å²) in [5.74, 6) is -0.309. The van der Waals surface area contributed by atoms with E-state index in [0.717, 1.165) is 49.1 Å². The van der Waals surface area contributed by atoms with Gasteiger partial charge >= 0.3 is 7.12 Å². The van der Waals surface area contributed by atoms with Crippen molar-refractivity contribution < 1.29 is 13.7 Å². The highest BCUT2D eigenvalue weighted by molar-refractivity contribution is 7.26. The van der Waals surface area contributed by atoms with E-state index in [4.69, 9.17) is 9.31 Å². The summed E-state index contributed by atoms with van der Waals surface area (Å²) in [7, 11) is -0.537. The lowest BCUT2D eigenvalue weighted by atomic mass is 9.74. The van der Waals surface area contributed by atoms with E-state index in [9.17, 15) is 9.65 Å². The van der Waals surface area contributed by atoms with Crippen molar-refractivity contribution in [3.05, 3.63) is 121 Å². The molecule has 6 aromatic rings. The minimum absolute atomic E-state index is 0.309. The van der Waals surface area contributed by atoms with Crippen LogP contribution in [-0.2, 0) is 9.31 Å². The zero-order valence-electron chi connectivity index (χ0n) is 25.0. The third kappa shape index (κ3) is 4.76. The Balaban J connectivity index is 1.51. The van der Waals surface area contributed by atoms with Gasteiger partial charge in [0.05, 0.1) is 22.8 Å². The molecular formula is C37H30BFN2O2S. The molecule has 44 heavy (non-hydrogen) atoms. The summed E-state index contributed by atoms with van der Waals surface area (Å²) < 4.78 is 29.5. The maximum atomic E-state index is 14.1. The lowest BCUT2D eigenvalue weighted by Gasteiger charge is -2.32. The van der Waals surface area contributed by atoms with Crippen molar-refractivity contribution in [3.8, 4) is 17.2 Å². The SMILES string of the molecule is CC1(C)OB(c2ccccc2-c2cc(N(c3ccc(F)cc3)c3cccc(C#N)c3)cc3c2sc2ccccc23)OC1(C)C. The van der Waals surface area contributed by atoms with Crippen LogP contribution in [0, 0.1) is 17.1 Å². The van der Waals surface area contributed by atoms with Crippen LogP contribution in [0.2, 0.25) is 0 Å². The second-order valence-electron chi connectivity index (χ2n) is 12.1. The van der Waals surface area contributed by atoms with Crippen LogP contribution >= 0.6 is 11.3 Å². The first kappa shape index (κ1) is 28.3. The van der Waals surface area contributed by atoms with Crippen LogP contribution in [0.5, 0.6) is 0 Å². The fourth-order valence-electron chi connectivity index (χ4n) is 5.81. The average molecular weight is 597 g/mol. The summed E-state index contributed by atoms with van der Waals surface area (Å²) in [5, 5.41) is 12.0. The number of benzene rings is 5. The van der Waals surface area contributed by atoms with Crippen molar-refractivity contribution in [1.82, 2.24) is 0 Å². The number of halogens is 1. The maximum Gasteiger partial charge on any atom is 0.495 e. The van der Waals surface area contributed by atoms with E-state index in [1.54, 1.807) is 29.5 Å². The Bertz CT molecular complexity index is 2060. The standard InChI is InChI=1S/C37H30BFN2O2S/c1-36(2)37(3,4)43-38(42-36)33-14-7-5-12-29(33)31-21-28(22-32-30-13-6-8-15-34(30)44-35(31)32)41(26-18-16-25(39)17-19-26)27-11-9-10-24(20-27)23-40/h5-22H,1-4H3. The first-order valence-corrected chi connectivity index (χ1v) is 15.4. The van der Waals surface area contributed by atoms with E-state index in [0.29, 0.717) is 5.56 Å². The molecule has 0 radical (unpaired) electrons. The molecule has 0 amide bonds. The second-order valence-corrected chi connectivity index (χ2v) is 13.2. The molecule has 0 bridgehead atoms. The van der Waals surface area contributed by atoms with E-state index < -0.39 is 18.3 Å². The zero-order chi connectivity index (χ0) is 30.6. The molecule has 1 saturated heterocycles. The van der Waals surface area contributed by atoms with Crippen LogP contribution in [0.15, 0.2) is 109 Å². The zero-order valence-corrected chi connectivity index (χ0v) is 25.8. The Morgan fingerprint density at radius 1 is 0.705 bits per heavy atom. The highest BCUT2D eigenvalue weighted by Crippen LogP contribution is 2.46. The van der Waals surface area contributed by atoms with Gasteiger partial charge in [0, 0.05) is 42.8 Å². The molecule has 0 saturated carbocycles. The molecule has 1 aliphatic heterocycles. The smallest absolute Gasteiger partial charge is 0.399 e. The predicted octanol–water partition coefficient (Wildman–Crippen LogP) is 9.50. The lowest BCUT2D eigenvalue weighted by molar-refractivity contribution is 0.00578. The molecule has 5 aromatic carbocycles. The molecule has 7 heteroatoms. The summed E-state index contributed by atoms with van der Waals surface area (Å²) in [6.45, 7) is 8.26. The number of nitrogens with zero attached hydrogens (tertiary/aromatic N) is 2. The van der Waals surface area contributed by atoms with Gasteiger partial charge in [0.2, 0.25) is 0 Å². The number of rotatable bonds is 5. The minimum atomic E-state index is -0.537. The molecule has 7 rings (SSSR count). The monoisotopic (exact) mass is 596 g/mol. The highest BCUT2D eigenvalue weighted by Gasteiger charge is 2.52. The van der Waals surface area contributed by atoms with Crippen molar-refractivity contribution in [1.29, 1.82) is 5.26 Å². The Morgan fingerprint density at radius 3 is 2.16 bits per heavy atom. The summed E-state index contributed by atoms with van der Waals surface area (Å²) >= 11 is 1.76. The molecule has 216 valence electrons. The van der Waals surface area contributed by atoms with Crippen molar-refractivity contribution >= 4 is 61.2 Å². The van der Waals surface area contributed by atoms with Gasteiger partial charge in [-0.15, -0.1) is 11.3 Å². The molecule has 4 nitrogen and oxygen atoms in total. The molecule has 0 spiro atoms. The Labute approximate surface area is 261 Å². The molecule has 0 unspecified atom stereocenters. The van der Waals surface area contributed by atoms with Crippen LogP contribution in [-0.4, -0.2) is 18.3 Å². The van der Waals surface area contributed by atoms with Crippen molar-refractivity contribution in [3.63, 3.8) is 0 Å². The van der Waals surface area contributed by atoms with E-state index in [1.807, 2.05) is 30.3 Å². The van der Waals surface area contributed by atoms with E-state index >= 15 is 0 Å². The number of fused-ring (bicyclic) bond motifs is 3. The summed E-state index contributed by atoms with van der Waals surface area (Å²) in [4.78, 5) is 2.08. The van der Waals surface area contributed by atoms with Crippen molar-refractivity contribution in [2.24, 2.45) is 0 Å². The Morgan fingerprint density at radius 2 is 1.41 bits per heavy atom. The van der Waals surface area contributed by atoms with Gasteiger partial charge in [-0.1, -0.05) is 48.5 Å². The third-order valence-corrected chi connectivity index (χ3v) is 10.0. The maximum absolute atomic E-state index is 14.1. The largest absolute Gasteiger partial charge is 0.495 e. The summed E-state index contributed by atoms with van der Waals surface area (Å²) in [6, 6.07) is 37.3. The van der Waals surface area contributed by atoms with E-state index in [-0.39, 0.29) is 5.82 Å². The summed E-state index contributed by atoms with van der Waals surface area (Å²) in [6.07, 6.45) is 0. The normalized spacial score (nSPS) is 15.5. The van der Waals surface area contributed by atoms with E-state index in [2.05, 4.69) is 87.2 Å². The first-order valence-electron chi connectivity index (χ1n) is 14.6. The van der Waals surface area contributed by atoms with Crippen LogP contribution in [0.3, 0.4) is 0 Å². The van der Waals surface area contributed by atoms with Crippen molar-refractivity contribution in [2.45, 2.75) is 38.9 Å². The summed E-state index contributed by atoms with van der Waals surface area (Å²) in [5.41, 5.74) is 5.09.